The standard InChI is InChI=1S/C10H16OSi.C6H7.C2H7Si.2ClH.Ti/c1-8-5-9(11)7-10(6-8)12(2,3)4;1-6-4-2-3-5-6;1-3-2;;;/h5-7,11H,1-4H3;2,4H,3H2,1H3;3H,1-2H3;2*1H;/q;;;;;+1/p-1. The second-order valence-electron chi connectivity index (χ2n) is 7.67. The summed E-state index contributed by atoms with van der Waals surface area (Å²) >= 11 is -1.58. The van der Waals surface area contributed by atoms with Gasteiger partial charge in [-0.1, -0.05) is 0 Å². The van der Waals surface area contributed by atoms with E-state index >= 15 is 0 Å². The summed E-state index contributed by atoms with van der Waals surface area (Å²) in [4.78, 5) is 0. The summed E-state index contributed by atoms with van der Waals surface area (Å²) in [5, 5.41) is 1.51. The Hall–Kier alpha value is 0.228. The van der Waals surface area contributed by atoms with Crippen LogP contribution in [-0.2, 0) is 17.5 Å². The molecule has 1 nitrogen and oxygen atoms in total. The summed E-state index contributed by atoms with van der Waals surface area (Å²) in [5.41, 5.74) is 2.82. The van der Waals surface area contributed by atoms with E-state index < -0.39 is 32.3 Å². The van der Waals surface area contributed by atoms with Gasteiger partial charge >= 0.3 is 145 Å². The maximum absolute atomic E-state index is 6.70. The monoisotopic (exact) mass is 437 g/mol. The third kappa shape index (κ3) is 6.19. The van der Waals surface area contributed by atoms with Crippen molar-refractivity contribution in [1.82, 2.24) is 0 Å². The SMILES string of the molecule is CC1=[C]([Ti]([O]c2cc(C)cc([Si](C)(C)C)c2)[SiH](C)C)CC=C1.Cl.Cl. The molecular weight excluding hydrogens is 407 g/mol. The van der Waals surface area contributed by atoms with Crippen LogP contribution in [0.5, 0.6) is 5.75 Å². The molecule has 0 radical (unpaired) electrons. The van der Waals surface area contributed by atoms with Crippen LogP contribution < -0.4 is 8.51 Å². The molecule has 2 rings (SSSR count). The first-order valence-corrected chi connectivity index (χ1v) is 18.7. The van der Waals surface area contributed by atoms with Gasteiger partial charge in [-0.15, -0.1) is 24.8 Å². The molecular formula is C18H31Cl2OSi2Ti. The minimum atomic E-state index is -1.58. The molecule has 0 fully saturated rings. The van der Waals surface area contributed by atoms with Crippen LogP contribution in [0, 0.1) is 6.92 Å². The number of benzene rings is 1. The van der Waals surface area contributed by atoms with Gasteiger partial charge in [0.2, 0.25) is 0 Å². The van der Waals surface area contributed by atoms with Crippen molar-refractivity contribution in [2.24, 2.45) is 0 Å². The van der Waals surface area contributed by atoms with Crippen LogP contribution in [0.4, 0.5) is 0 Å². The van der Waals surface area contributed by atoms with Gasteiger partial charge in [0.1, 0.15) is 0 Å². The predicted molar refractivity (Wildman–Crippen MR) is 115 cm³/mol. The molecule has 0 bridgehead atoms. The smallest absolute Gasteiger partial charge is 0.147 e. The van der Waals surface area contributed by atoms with Crippen molar-refractivity contribution < 1.29 is 20.8 Å². The first kappa shape index (κ1) is 24.2. The molecule has 24 heavy (non-hydrogen) atoms. The van der Waals surface area contributed by atoms with E-state index in [1.54, 1.807) is 3.88 Å². The van der Waals surface area contributed by atoms with Crippen LogP contribution in [0.25, 0.3) is 0 Å². The molecule has 0 spiro atoms. The Morgan fingerprint density at radius 1 is 1.04 bits per heavy atom. The summed E-state index contributed by atoms with van der Waals surface area (Å²) in [6.45, 7) is 15.8. The summed E-state index contributed by atoms with van der Waals surface area (Å²) in [5.74, 6) is 1.14. The Bertz CT molecular complexity index is 622. The average molecular weight is 438 g/mol. The fourth-order valence-electron chi connectivity index (χ4n) is 2.80. The Kier molecular flexibility index (Phi) is 9.89. The molecule has 135 valence electrons. The van der Waals surface area contributed by atoms with Gasteiger partial charge in [0.15, 0.2) is 0 Å². The van der Waals surface area contributed by atoms with Gasteiger partial charge in [0.05, 0.1) is 0 Å². The van der Waals surface area contributed by atoms with Gasteiger partial charge in [-0.2, -0.15) is 0 Å². The molecule has 1 aromatic rings. The van der Waals surface area contributed by atoms with Crippen LogP contribution in [0.2, 0.25) is 32.7 Å². The number of halogens is 2. The van der Waals surface area contributed by atoms with Crippen LogP contribution >= 0.6 is 24.8 Å². The quantitative estimate of drug-likeness (QED) is 0.551. The zero-order chi connectivity index (χ0) is 16.5. The Labute approximate surface area is 168 Å². The Morgan fingerprint density at radius 2 is 1.67 bits per heavy atom. The summed E-state index contributed by atoms with van der Waals surface area (Å²) in [7, 11) is -1.29. The van der Waals surface area contributed by atoms with E-state index in [4.69, 9.17) is 3.32 Å². The summed E-state index contributed by atoms with van der Waals surface area (Å²) in [6.07, 6.45) is 5.73. The van der Waals surface area contributed by atoms with E-state index in [1.807, 2.05) is 0 Å². The molecule has 1 aliphatic rings. The maximum atomic E-state index is 6.70. The number of rotatable bonds is 5. The van der Waals surface area contributed by atoms with Gasteiger partial charge in [-0.05, 0) is 0 Å². The van der Waals surface area contributed by atoms with E-state index in [-0.39, 0.29) is 24.8 Å². The van der Waals surface area contributed by atoms with Crippen LogP contribution in [0.1, 0.15) is 18.9 Å². The number of allylic oxidation sites excluding steroid dienone is 4. The third-order valence-corrected chi connectivity index (χ3v) is 16.6. The van der Waals surface area contributed by atoms with Crippen molar-refractivity contribution in [1.29, 1.82) is 0 Å². The van der Waals surface area contributed by atoms with Gasteiger partial charge in [-0.25, -0.2) is 0 Å². The number of hydrogen-bond donors (Lipinski definition) is 0. The molecule has 0 heterocycles. The van der Waals surface area contributed by atoms with Gasteiger partial charge in [0, 0.05) is 0 Å². The zero-order valence-corrected chi connectivity index (χ0v) is 21.2. The molecule has 0 saturated carbocycles. The summed E-state index contributed by atoms with van der Waals surface area (Å²) in [6, 6.07) is 6.93. The normalized spacial score (nSPS) is 13.7. The molecule has 0 saturated heterocycles. The second kappa shape index (κ2) is 9.80. The van der Waals surface area contributed by atoms with Crippen molar-refractivity contribution in [3.8, 4) is 5.75 Å². The first-order chi connectivity index (χ1) is 10.2. The molecule has 0 aliphatic heterocycles. The zero-order valence-electron chi connectivity index (χ0n) is 15.9. The summed E-state index contributed by atoms with van der Waals surface area (Å²) < 4.78 is 8.36. The second-order valence-corrected chi connectivity index (χ2v) is 25.0. The molecule has 0 amide bonds. The molecule has 0 aromatic heterocycles. The molecule has 1 aromatic carbocycles. The number of hydrogen-bond acceptors (Lipinski definition) is 1. The minimum absolute atomic E-state index is 0. The first-order valence-electron chi connectivity index (χ1n) is 8.22. The molecule has 1 aliphatic carbocycles. The van der Waals surface area contributed by atoms with Crippen LogP contribution in [-0.4, -0.2) is 14.7 Å². The van der Waals surface area contributed by atoms with Crippen molar-refractivity contribution in [2.75, 3.05) is 0 Å². The molecule has 0 atom stereocenters. The van der Waals surface area contributed by atoms with Gasteiger partial charge in [-0.3, -0.25) is 0 Å². The van der Waals surface area contributed by atoms with Crippen molar-refractivity contribution in [2.45, 2.75) is 53.0 Å². The maximum Gasteiger partial charge on any atom is -0.147 e. The average Bonchev–Trinajstić information content (AvgIpc) is 2.80. The van der Waals surface area contributed by atoms with Gasteiger partial charge < -0.3 is 0 Å². The van der Waals surface area contributed by atoms with Crippen LogP contribution in [0.3, 0.4) is 0 Å². The predicted octanol–water partition coefficient (Wildman–Crippen LogP) is 5.51. The van der Waals surface area contributed by atoms with Gasteiger partial charge in [0.25, 0.3) is 0 Å². The fraction of sp³-hybridized carbons (Fsp3) is 0.444. The van der Waals surface area contributed by atoms with Crippen molar-refractivity contribution in [3.05, 3.63) is 45.4 Å². The van der Waals surface area contributed by atoms with Crippen molar-refractivity contribution in [3.63, 3.8) is 0 Å². The topological polar surface area (TPSA) is 9.23 Å². The number of aryl methyl sites for hydroxylation is 1. The molecule has 0 unspecified atom stereocenters. The van der Waals surface area contributed by atoms with E-state index in [0.29, 0.717) is 0 Å². The van der Waals surface area contributed by atoms with E-state index in [2.05, 4.69) is 76.9 Å². The molecule has 6 heteroatoms. The largest absolute Gasteiger partial charge is 0.147 e. The van der Waals surface area contributed by atoms with E-state index in [1.165, 1.54) is 16.3 Å². The van der Waals surface area contributed by atoms with Crippen molar-refractivity contribution >= 4 is 44.7 Å². The third-order valence-electron chi connectivity index (χ3n) is 4.13. The molecule has 0 N–H and O–H groups in total. The van der Waals surface area contributed by atoms with Crippen LogP contribution in [0.15, 0.2) is 39.8 Å². The minimum Gasteiger partial charge on any atom is -0.147 e. The van der Waals surface area contributed by atoms with E-state index in [0.717, 1.165) is 12.2 Å². The Morgan fingerprint density at radius 3 is 2.12 bits per heavy atom. The fourth-order valence-corrected chi connectivity index (χ4v) is 13.3. The van der Waals surface area contributed by atoms with E-state index in [9.17, 15) is 0 Å². The Balaban J connectivity index is 0.00000264.